The van der Waals surface area contributed by atoms with Gasteiger partial charge in [0, 0.05) is 41.3 Å². The van der Waals surface area contributed by atoms with Crippen molar-refractivity contribution in [2.75, 3.05) is 33.9 Å². The molecule has 182 valence electrons. The molecule has 0 aliphatic carbocycles. The first-order valence-corrected chi connectivity index (χ1v) is 11.9. The first kappa shape index (κ1) is 25.5. The van der Waals surface area contributed by atoms with E-state index in [-0.39, 0.29) is 5.78 Å². The fourth-order valence-corrected chi connectivity index (χ4v) is 4.32. The van der Waals surface area contributed by atoms with E-state index in [9.17, 15) is 9.90 Å². The van der Waals surface area contributed by atoms with E-state index in [4.69, 9.17) is 9.47 Å². The summed E-state index contributed by atoms with van der Waals surface area (Å²) in [5.74, 6) is 0.987. The van der Waals surface area contributed by atoms with E-state index in [1.165, 1.54) is 0 Å². The summed E-state index contributed by atoms with van der Waals surface area (Å²) < 4.78 is 12.6. The Morgan fingerprint density at radius 2 is 1.76 bits per heavy atom. The van der Waals surface area contributed by atoms with Gasteiger partial charge in [-0.25, -0.2) is 0 Å². The fraction of sp³-hybridized carbons (Fsp3) is 0.393. The molecule has 6 nitrogen and oxygen atoms in total. The number of hydrogen-bond donors (Lipinski definition) is 1. The zero-order valence-electron chi connectivity index (χ0n) is 20.7. The number of fused-ring (bicyclic) bond motifs is 1. The Kier molecular flexibility index (Phi) is 9.31. The number of ether oxygens (including phenoxy) is 2. The van der Waals surface area contributed by atoms with Gasteiger partial charge in [0.05, 0.1) is 20.3 Å². The molecule has 3 aromatic rings. The van der Waals surface area contributed by atoms with Crippen LogP contribution in [0.3, 0.4) is 0 Å². The highest BCUT2D eigenvalue weighted by atomic mass is 16.5. The van der Waals surface area contributed by atoms with Crippen LogP contribution in [0.1, 0.15) is 42.6 Å². The molecule has 1 N–H and O–H groups in total. The van der Waals surface area contributed by atoms with Gasteiger partial charge in [0.2, 0.25) is 0 Å². The Morgan fingerprint density at radius 1 is 1.06 bits per heavy atom. The van der Waals surface area contributed by atoms with E-state index in [2.05, 4.69) is 23.3 Å². The topological polar surface area (TPSA) is 63.9 Å². The number of aliphatic hydroxyl groups excluding tert-OH is 1. The molecule has 1 atom stereocenters. The average Bonchev–Trinajstić information content (AvgIpc) is 3.19. The Hall–Kier alpha value is -3.09. The summed E-state index contributed by atoms with van der Waals surface area (Å²) in [7, 11) is 3.12. The van der Waals surface area contributed by atoms with Crippen LogP contribution in [0.5, 0.6) is 11.5 Å². The average molecular weight is 465 g/mol. The molecule has 0 saturated carbocycles. The number of rotatable bonds is 13. The van der Waals surface area contributed by atoms with Gasteiger partial charge < -0.3 is 24.0 Å². The van der Waals surface area contributed by atoms with Crippen LogP contribution >= 0.6 is 0 Å². The number of hydrogen-bond acceptors (Lipinski definition) is 5. The van der Waals surface area contributed by atoms with Crippen molar-refractivity contribution < 1.29 is 19.4 Å². The van der Waals surface area contributed by atoms with Crippen molar-refractivity contribution in [1.82, 2.24) is 9.47 Å². The second kappa shape index (κ2) is 12.4. The van der Waals surface area contributed by atoms with Crippen molar-refractivity contribution >= 4 is 22.8 Å². The van der Waals surface area contributed by atoms with Gasteiger partial charge >= 0.3 is 0 Å². The van der Waals surface area contributed by atoms with Crippen molar-refractivity contribution in [1.29, 1.82) is 0 Å². The fourth-order valence-electron chi connectivity index (χ4n) is 4.32. The normalized spacial score (nSPS) is 12.5. The van der Waals surface area contributed by atoms with Crippen LogP contribution in [0.4, 0.5) is 0 Å². The molecule has 0 aliphatic heterocycles. The van der Waals surface area contributed by atoms with Crippen LogP contribution in [-0.4, -0.2) is 60.3 Å². The first-order chi connectivity index (χ1) is 16.5. The molecular weight excluding hydrogens is 428 g/mol. The third-order valence-corrected chi connectivity index (χ3v) is 5.86. The van der Waals surface area contributed by atoms with E-state index >= 15 is 0 Å². The first-order valence-electron chi connectivity index (χ1n) is 11.9. The molecule has 1 heterocycles. The third-order valence-electron chi connectivity index (χ3n) is 5.86. The molecule has 0 bridgehead atoms. The minimum atomic E-state index is -0.473. The Labute approximate surface area is 202 Å². The van der Waals surface area contributed by atoms with E-state index in [1.54, 1.807) is 38.5 Å². The molecule has 0 amide bonds. The molecule has 6 heteroatoms. The van der Waals surface area contributed by atoms with Crippen LogP contribution < -0.4 is 9.47 Å². The van der Waals surface area contributed by atoms with Gasteiger partial charge in [0.15, 0.2) is 17.3 Å². The maximum atomic E-state index is 12.8. The summed E-state index contributed by atoms with van der Waals surface area (Å²) in [5, 5.41) is 11.8. The van der Waals surface area contributed by atoms with Gasteiger partial charge in [-0.15, -0.1) is 0 Å². The molecule has 0 saturated heterocycles. The lowest BCUT2D eigenvalue weighted by Crippen LogP contribution is -2.35. The van der Waals surface area contributed by atoms with Crippen molar-refractivity contribution in [2.45, 2.75) is 39.3 Å². The van der Waals surface area contributed by atoms with Crippen molar-refractivity contribution in [2.24, 2.45) is 0 Å². The molecule has 0 radical (unpaired) electrons. The zero-order valence-corrected chi connectivity index (χ0v) is 20.7. The Bertz CT molecular complexity index is 1110. The number of allylic oxidation sites excluding steroid dienone is 1. The largest absolute Gasteiger partial charge is 0.493 e. The molecule has 2 aromatic carbocycles. The smallest absolute Gasteiger partial charge is 0.185 e. The standard InChI is InChI=1S/C28H36N2O4/c1-5-15-29(16-6-2)19-23(31)20-30-18-22(24-9-7-8-10-25(24)30)11-13-26(32)21-12-14-27(33-3)28(17-21)34-4/h7-14,17-18,23,31H,5-6,15-16,19-20H2,1-4H3/b13-11-/t23-/m1/s1. The number of benzene rings is 2. The van der Waals surface area contributed by atoms with E-state index in [0.29, 0.717) is 30.2 Å². The number of carbonyl (C=O) groups is 1. The van der Waals surface area contributed by atoms with Gasteiger partial charge in [-0.2, -0.15) is 0 Å². The van der Waals surface area contributed by atoms with Crippen molar-refractivity contribution in [3.63, 3.8) is 0 Å². The summed E-state index contributed by atoms with van der Waals surface area (Å²) >= 11 is 0. The zero-order chi connectivity index (χ0) is 24.5. The summed E-state index contributed by atoms with van der Waals surface area (Å²) in [4.78, 5) is 15.1. The molecule has 1 aromatic heterocycles. The summed E-state index contributed by atoms with van der Waals surface area (Å²) in [6, 6.07) is 13.2. The molecule has 0 unspecified atom stereocenters. The van der Waals surface area contributed by atoms with Gasteiger partial charge in [-0.05, 0) is 62.3 Å². The number of ketones is 1. The Morgan fingerprint density at radius 3 is 2.44 bits per heavy atom. The summed E-state index contributed by atoms with van der Waals surface area (Å²) in [6.07, 6.45) is 7.10. The lowest BCUT2D eigenvalue weighted by atomic mass is 10.1. The summed E-state index contributed by atoms with van der Waals surface area (Å²) in [6.45, 7) is 7.46. The minimum Gasteiger partial charge on any atom is -0.493 e. The van der Waals surface area contributed by atoms with Crippen LogP contribution in [-0.2, 0) is 6.54 Å². The monoisotopic (exact) mass is 464 g/mol. The number of aromatic nitrogens is 1. The van der Waals surface area contributed by atoms with Crippen LogP contribution in [0.15, 0.2) is 54.7 Å². The maximum Gasteiger partial charge on any atom is 0.185 e. The predicted molar refractivity (Wildman–Crippen MR) is 138 cm³/mol. The van der Waals surface area contributed by atoms with Crippen molar-refractivity contribution in [3.8, 4) is 11.5 Å². The molecule has 0 spiro atoms. The third kappa shape index (κ3) is 6.27. The van der Waals surface area contributed by atoms with Crippen molar-refractivity contribution in [3.05, 3.63) is 65.9 Å². The second-order valence-electron chi connectivity index (χ2n) is 8.48. The van der Waals surface area contributed by atoms with Gasteiger partial charge in [0.25, 0.3) is 0 Å². The number of para-hydroxylation sites is 1. The van der Waals surface area contributed by atoms with Crippen LogP contribution in [0.25, 0.3) is 17.0 Å². The minimum absolute atomic E-state index is 0.118. The quantitative estimate of drug-likeness (QED) is 0.284. The maximum absolute atomic E-state index is 12.8. The number of nitrogens with zero attached hydrogens (tertiary/aromatic N) is 2. The predicted octanol–water partition coefficient (Wildman–Crippen LogP) is 5.04. The van der Waals surface area contributed by atoms with E-state index in [1.807, 2.05) is 36.5 Å². The van der Waals surface area contributed by atoms with Gasteiger partial charge in [0.1, 0.15) is 0 Å². The molecule has 34 heavy (non-hydrogen) atoms. The highest BCUT2D eigenvalue weighted by Gasteiger charge is 2.14. The highest BCUT2D eigenvalue weighted by molar-refractivity contribution is 6.08. The highest BCUT2D eigenvalue weighted by Crippen LogP contribution is 2.28. The molecule has 0 fully saturated rings. The van der Waals surface area contributed by atoms with Crippen LogP contribution in [0, 0.1) is 0 Å². The van der Waals surface area contributed by atoms with E-state index < -0.39 is 6.10 Å². The SMILES string of the molecule is CCCN(CCC)C[C@@H](O)Cn1cc(/C=C\C(=O)c2ccc(OC)c(OC)c2)c2ccccc21. The van der Waals surface area contributed by atoms with Gasteiger partial charge in [-0.3, -0.25) is 4.79 Å². The lowest BCUT2D eigenvalue weighted by Gasteiger charge is -2.24. The van der Waals surface area contributed by atoms with E-state index in [0.717, 1.165) is 42.4 Å². The van der Waals surface area contributed by atoms with Gasteiger partial charge in [-0.1, -0.05) is 32.0 Å². The summed E-state index contributed by atoms with van der Waals surface area (Å²) in [5.41, 5.74) is 2.51. The second-order valence-corrected chi connectivity index (χ2v) is 8.48. The molecule has 0 aliphatic rings. The Balaban J connectivity index is 1.80. The lowest BCUT2D eigenvalue weighted by molar-refractivity contribution is 0.0988. The molecular formula is C28H36N2O4. The van der Waals surface area contributed by atoms with Crippen LogP contribution in [0.2, 0.25) is 0 Å². The number of aliphatic hydroxyl groups is 1. The number of carbonyl (C=O) groups excluding carboxylic acids is 1. The number of methoxy groups -OCH3 is 2. The molecule has 3 rings (SSSR count).